The summed E-state index contributed by atoms with van der Waals surface area (Å²) in [5.74, 6) is 1.76. The summed E-state index contributed by atoms with van der Waals surface area (Å²) in [5.41, 5.74) is 1.72. The summed E-state index contributed by atoms with van der Waals surface area (Å²) < 4.78 is 13.1. The molecule has 8 nitrogen and oxygen atoms in total. The molecule has 0 radical (unpaired) electrons. The van der Waals surface area contributed by atoms with Gasteiger partial charge in [-0.15, -0.1) is 10.2 Å². The molecule has 1 amide bonds. The Morgan fingerprint density at radius 1 is 1.13 bits per heavy atom. The van der Waals surface area contributed by atoms with E-state index < -0.39 is 0 Å². The Hall–Kier alpha value is -2.91. The van der Waals surface area contributed by atoms with E-state index in [0.717, 1.165) is 17.0 Å². The van der Waals surface area contributed by atoms with Gasteiger partial charge in [0.05, 0.1) is 31.3 Å². The number of para-hydroxylation sites is 2. The van der Waals surface area contributed by atoms with Crippen molar-refractivity contribution in [2.45, 2.75) is 12.1 Å². The minimum absolute atomic E-state index is 0.0707. The fourth-order valence-electron chi connectivity index (χ4n) is 3.22. The van der Waals surface area contributed by atoms with Crippen LogP contribution in [0, 0.1) is 0 Å². The van der Waals surface area contributed by atoms with E-state index >= 15 is 0 Å². The molecule has 1 aromatic carbocycles. The Morgan fingerprint density at radius 3 is 2.67 bits per heavy atom. The SMILES string of the molecule is CCOc1ccccc1-n1c(SCC(=O)N2CCOCC2)nnc1-c1ccncc1. The number of hydrogen-bond donors (Lipinski definition) is 0. The highest BCUT2D eigenvalue weighted by Gasteiger charge is 2.22. The minimum atomic E-state index is 0.0707. The fraction of sp³-hybridized carbons (Fsp3) is 0.333. The summed E-state index contributed by atoms with van der Waals surface area (Å²) >= 11 is 1.37. The number of carbonyl (C=O) groups is 1. The Kier molecular flexibility index (Phi) is 6.60. The van der Waals surface area contributed by atoms with Crippen molar-refractivity contribution in [3.63, 3.8) is 0 Å². The molecule has 0 saturated carbocycles. The lowest BCUT2D eigenvalue weighted by atomic mass is 10.2. The van der Waals surface area contributed by atoms with E-state index in [1.54, 1.807) is 12.4 Å². The van der Waals surface area contributed by atoms with Crippen molar-refractivity contribution in [2.75, 3.05) is 38.7 Å². The lowest BCUT2D eigenvalue weighted by Crippen LogP contribution is -2.41. The van der Waals surface area contributed by atoms with Crippen molar-refractivity contribution in [3.05, 3.63) is 48.8 Å². The molecule has 0 bridgehead atoms. The molecule has 0 unspecified atom stereocenters. The zero-order valence-corrected chi connectivity index (χ0v) is 17.5. The first-order valence-electron chi connectivity index (χ1n) is 9.84. The molecule has 30 heavy (non-hydrogen) atoms. The van der Waals surface area contributed by atoms with Gasteiger partial charge >= 0.3 is 0 Å². The number of ether oxygens (including phenoxy) is 2. The number of thioether (sulfide) groups is 1. The van der Waals surface area contributed by atoms with Crippen LogP contribution >= 0.6 is 11.8 Å². The first-order chi connectivity index (χ1) is 14.8. The van der Waals surface area contributed by atoms with Crippen LogP contribution in [-0.4, -0.2) is 69.2 Å². The smallest absolute Gasteiger partial charge is 0.233 e. The molecule has 0 aliphatic carbocycles. The number of morpholine rings is 1. The van der Waals surface area contributed by atoms with E-state index in [-0.39, 0.29) is 11.7 Å². The van der Waals surface area contributed by atoms with E-state index in [1.165, 1.54) is 11.8 Å². The van der Waals surface area contributed by atoms with E-state index in [0.29, 0.717) is 43.9 Å². The number of aromatic nitrogens is 4. The molecule has 3 heterocycles. The Balaban J connectivity index is 1.67. The van der Waals surface area contributed by atoms with Gasteiger partial charge in [-0.3, -0.25) is 14.3 Å². The van der Waals surface area contributed by atoms with Gasteiger partial charge in [0, 0.05) is 31.0 Å². The summed E-state index contributed by atoms with van der Waals surface area (Å²) in [6, 6.07) is 11.5. The van der Waals surface area contributed by atoms with Crippen molar-refractivity contribution >= 4 is 17.7 Å². The van der Waals surface area contributed by atoms with Crippen molar-refractivity contribution < 1.29 is 14.3 Å². The number of rotatable bonds is 7. The molecule has 1 aliphatic rings. The number of hydrogen-bond acceptors (Lipinski definition) is 7. The van der Waals surface area contributed by atoms with Crippen LogP contribution < -0.4 is 4.74 Å². The van der Waals surface area contributed by atoms with Gasteiger partial charge in [-0.25, -0.2) is 0 Å². The molecule has 0 atom stereocenters. The third-order valence-corrected chi connectivity index (χ3v) is 5.58. The van der Waals surface area contributed by atoms with Crippen LogP contribution in [0.4, 0.5) is 0 Å². The lowest BCUT2D eigenvalue weighted by Gasteiger charge is -2.26. The number of carbonyl (C=O) groups excluding carboxylic acids is 1. The van der Waals surface area contributed by atoms with Crippen LogP contribution in [0.1, 0.15) is 6.92 Å². The van der Waals surface area contributed by atoms with E-state index in [9.17, 15) is 4.79 Å². The quantitative estimate of drug-likeness (QED) is 0.538. The van der Waals surface area contributed by atoms with E-state index in [4.69, 9.17) is 9.47 Å². The summed E-state index contributed by atoms with van der Waals surface area (Å²) in [6.45, 7) is 4.91. The minimum Gasteiger partial charge on any atom is -0.492 e. The lowest BCUT2D eigenvalue weighted by molar-refractivity contribution is -0.132. The summed E-state index contributed by atoms with van der Waals surface area (Å²) in [6.07, 6.45) is 3.44. The van der Waals surface area contributed by atoms with Crippen LogP contribution in [0.2, 0.25) is 0 Å². The molecule has 156 valence electrons. The van der Waals surface area contributed by atoms with Gasteiger partial charge in [0.25, 0.3) is 0 Å². The maximum absolute atomic E-state index is 12.6. The Morgan fingerprint density at radius 2 is 1.90 bits per heavy atom. The second kappa shape index (κ2) is 9.73. The second-order valence-electron chi connectivity index (χ2n) is 6.56. The molecule has 1 saturated heterocycles. The van der Waals surface area contributed by atoms with Gasteiger partial charge in [0.15, 0.2) is 11.0 Å². The van der Waals surface area contributed by atoms with Gasteiger partial charge in [-0.05, 0) is 31.2 Å². The predicted molar refractivity (Wildman–Crippen MR) is 114 cm³/mol. The van der Waals surface area contributed by atoms with Gasteiger partial charge in [-0.1, -0.05) is 23.9 Å². The van der Waals surface area contributed by atoms with Gasteiger partial charge in [-0.2, -0.15) is 0 Å². The maximum atomic E-state index is 12.6. The van der Waals surface area contributed by atoms with Crippen molar-refractivity contribution in [1.29, 1.82) is 0 Å². The molecule has 1 fully saturated rings. The predicted octanol–water partition coefficient (Wildman–Crippen LogP) is 2.68. The Bertz CT molecular complexity index is 989. The highest BCUT2D eigenvalue weighted by molar-refractivity contribution is 7.99. The van der Waals surface area contributed by atoms with Crippen LogP contribution in [0.15, 0.2) is 53.9 Å². The molecule has 0 spiro atoms. The highest BCUT2D eigenvalue weighted by Crippen LogP contribution is 2.32. The maximum Gasteiger partial charge on any atom is 0.233 e. The number of amides is 1. The molecule has 3 aromatic rings. The summed E-state index contributed by atoms with van der Waals surface area (Å²) in [5, 5.41) is 9.44. The summed E-state index contributed by atoms with van der Waals surface area (Å²) in [7, 11) is 0. The first-order valence-corrected chi connectivity index (χ1v) is 10.8. The van der Waals surface area contributed by atoms with Crippen LogP contribution in [0.3, 0.4) is 0 Å². The third kappa shape index (κ3) is 4.47. The van der Waals surface area contributed by atoms with Gasteiger partial charge in [0.2, 0.25) is 5.91 Å². The monoisotopic (exact) mass is 425 g/mol. The normalized spacial score (nSPS) is 14.0. The highest BCUT2D eigenvalue weighted by atomic mass is 32.2. The van der Waals surface area contributed by atoms with Crippen LogP contribution in [0.5, 0.6) is 5.75 Å². The van der Waals surface area contributed by atoms with Gasteiger partial charge < -0.3 is 14.4 Å². The zero-order valence-electron chi connectivity index (χ0n) is 16.7. The largest absolute Gasteiger partial charge is 0.492 e. The van der Waals surface area contributed by atoms with Crippen molar-refractivity contribution in [3.8, 4) is 22.8 Å². The van der Waals surface area contributed by atoms with E-state index in [1.807, 2.05) is 52.8 Å². The molecule has 2 aromatic heterocycles. The fourth-order valence-corrected chi connectivity index (χ4v) is 4.07. The number of nitrogens with zero attached hydrogens (tertiary/aromatic N) is 5. The van der Waals surface area contributed by atoms with Crippen molar-refractivity contribution in [1.82, 2.24) is 24.6 Å². The summed E-state index contributed by atoms with van der Waals surface area (Å²) in [4.78, 5) is 18.5. The van der Waals surface area contributed by atoms with Gasteiger partial charge in [0.1, 0.15) is 5.75 Å². The van der Waals surface area contributed by atoms with Crippen LogP contribution in [-0.2, 0) is 9.53 Å². The number of pyridine rings is 1. The molecule has 4 rings (SSSR count). The molecular weight excluding hydrogens is 402 g/mol. The molecule has 0 N–H and O–H groups in total. The molecular formula is C21H23N5O3S. The average molecular weight is 426 g/mol. The van der Waals surface area contributed by atoms with E-state index in [2.05, 4.69) is 15.2 Å². The average Bonchev–Trinajstić information content (AvgIpc) is 3.23. The number of benzene rings is 1. The van der Waals surface area contributed by atoms with Crippen LogP contribution in [0.25, 0.3) is 17.1 Å². The third-order valence-electron chi connectivity index (χ3n) is 4.67. The van der Waals surface area contributed by atoms with Crippen molar-refractivity contribution in [2.24, 2.45) is 0 Å². The first kappa shape index (κ1) is 20.4. The standard InChI is InChI=1S/C21H23N5O3S/c1-2-29-18-6-4-3-5-17(18)26-20(16-7-9-22-10-8-16)23-24-21(26)30-15-19(27)25-11-13-28-14-12-25/h3-10H,2,11-15H2,1H3. The second-order valence-corrected chi connectivity index (χ2v) is 7.50. The Labute approximate surface area is 179 Å². The topological polar surface area (TPSA) is 82.4 Å². The zero-order chi connectivity index (χ0) is 20.8. The molecule has 9 heteroatoms. The molecule has 1 aliphatic heterocycles.